The van der Waals surface area contributed by atoms with Crippen LogP contribution in [0.25, 0.3) is 0 Å². The maximum Gasteiger partial charge on any atom is 0.253 e. The zero-order valence-electron chi connectivity index (χ0n) is 14.2. The molecule has 0 bridgehead atoms. The fraction of sp³-hybridized carbons (Fsp3) is 0.300. The number of carbonyl (C=O) groups excluding carboxylic acids is 2. The molecule has 1 aliphatic heterocycles. The molecule has 1 fully saturated rings. The second kappa shape index (κ2) is 7.83. The number of likely N-dealkylation sites (tertiary alicyclic amines) is 1. The second-order valence-electron chi connectivity index (χ2n) is 6.43. The number of anilines is 1. The lowest BCUT2D eigenvalue weighted by Gasteiger charge is -2.31. The van der Waals surface area contributed by atoms with Gasteiger partial charge in [0, 0.05) is 34.7 Å². The average Bonchev–Trinajstić information content (AvgIpc) is 2.62. The minimum Gasteiger partial charge on any atom is -0.339 e. The first-order valence-corrected chi connectivity index (χ1v) is 9.24. The molecule has 1 N–H and O–H groups in total. The van der Waals surface area contributed by atoms with Crippen molar-refractivity contribution in [2.24, 2.45) is 5.92 Å². The van der Waals surface area contributed by atoms with Crippen LogP contribution in [-0.2, 0) is 4.79 Å². The average molecular weight is 401 g/mol. The van der Waals surface area contributed by atoms with Gasteiger partial charge in [0.05, 0.1) is 0 Å². The number of carbonyl (C=O) groups is 2. The number of piperidine rings is 1. The van der Waals surface area contributed by atoms with Gasteiger partial charge < -0.3 is 10.2 Å². The van der Waals surface area contributed by atoms with E-state index in [1.807, 2.05) is 60.4 Å². The lowest BCUT2D eigenvalue weighted by molar-refractivity contribution is -0.121. The molecule has 0 aliphatic carbocycles. The summed E-state index contributed by atoms with van der Waals surface area (Å²) in [6, 6.07) is 15.2. The van der Waals surface area contributed by atoms with Crippen molar-refractivity contribution in [1.29, 1.82) is 0 Å². The first-order valence-electron chi connectivity index (χ1n) is 8.45. The summed E-state index contributed by atoms with van der Waals surface area (Å²) >= 11 is 3.40. The van der Waals surface area contributed by atoms with Crippen molar-refractivity contribution in [3.05, 3.63) is 64.1 Å². The Labute approximate surface area is 156 Å². The van der Waals surface area contributed by atoms with Crippen LogP contribution < -0.4 is 5.32 Å². The van der Waals surface area contributed by atoms with Gasteiger partial charge in [0.25, 0.3) is 5.91 Å². The molecule has 0 atom stereocenters. The molecule has 4 nitrogen and oxygen atoms in total. The van der Waals surface area contributed by atoms with E-state index in [0.29, 0.717) is 31.5 Å². The third kappa shape index (κ3) is 4.48. The van der Waals surface area contributed by atoms with E-state index < -0.39 is 0 Å². The molecule has 2 amide bonds. The highest BCUT2D eigenvalue weighted by Crippen LogP contribution is 2.22. The number of hydrogen-bond acceptors (Lipinski definition) is 2. The van der Waals surface area contributed by atoms with Gasteiger partial charge >= 0.3 is 0 Å². The first kappa shape index (κ1) is 17.7. The molecule has 1 aliphatic rings. The van der Waals surface area contributed by atoms with Gasteiger partial charge in [-0.25, -0.2) is 0 Å². The molecule has 0 saturated carbocycles. The van der Waals surface area contributed by atoms with E-state index in [1.165, 1.54) is 0 Å². The number of aryl methyl sites for hydroxylation is 1. The van der Waals surface area contributed by atoms with Crippen LogP contribution in [-0.4, -0.2) is 29.8 Å². The number of amides is 2. The summed E-state index contributed by atoms with van der Waals surface area (Å²) in [5.74, 6) is 0.0208. The van der Waals surface area contributed by atoms with Crippen molar-refractivity contribution in [2.75, 3.05) is 18.4 Å². The smallest absolute Gasteiger partial charge is 0.253 e. The summed E-state index contributed by atoms with van der Waals surface area (Å²) in [5, 5.41) is 2.96. The Bertz CT molecular complexity index is 766. The molecule has 0 radical (unpaired) electrons. The summed E-state index contributed by atoms with van der Waals surface area (Å²) in [7, 11) is 0. The highest BCUT2D eigenvalue weighted by atomic mass is 79.9. The van der Waals surface area contributed by atoms with Gasteiger partial charge in [0.15, 0.2) is 0 Å². The lowest BCUT2D eigenvalue weighted by atomic mass is 9.95. The van der Waals surface area contributed by atoms with Crippen molar-refractivity contribution in [1.82, 2.24) is 4.90 Å². The zero-order chi connectivity index (χ0) is 17.8. The summed E-state index contributed by atoms with van der Waals surface area (Å²) in [5.41, 5.74) is 2.64. The van der Waals surface area contributed by atoms with Crippen LogP contribution >= 0.6 is 15.9 Å². The second-order valence-corrected chi connectivity index (χ2v) is 7.35. The topological polar surface area (TPSA) is 49.4 Å². The minimum absolute atomic E-state index is 0.0283. The normalized spacial score (nSPS) is 15.0. The number of rotatable bonds is 3. The standard InChI is InChI=1S/C20H21BrN2O2/c1-14-5-7-16(8-6-14)20(25)23-11-9-15(10-12-23)19(24)22-18-4-2-3-17(21)13-18/h2-8,13,15H,9-12H2,1H3,(H,22,24). The number of hydrogen-bond donors (Lipinski definition) is 1. The molecular weight excluding hydrogens is 380 g/mol. The molecular formula is C20H21BrN2O2. The molecule has 0 aromatic heterocycles. The number of benzene rings is 2. The van der Waals surface area contributed by atoms with Crippen LogP contribution in [0.3, 0.4) is 0 Å². The highest BCUT2D eigenvalue weighted by molar-refractivity contribution is 9.10. The largest absolute Gasteiger partial charge is 0.339 e. The third-order valence-corrected chi connectivity index (χ3v) is 5.04. The van der Waals surface area contributed by atoms with Crippen LogP contribution in [0.1, 0.15) is 28.8 Å². The Kier molecular flexibility index (Phi) is 5.53. The maximum atomic E-state index is 12.5. The molecule has 1 saturated heterocycles. The number of nitrogens with zero attached hydrogens (tertiary/aromatic N) is 1. The van der Waals surface area contributed by atoms with Crippen LogP contribution in [0.5, 0.6) is 0 Å². The predicted octanol–water partition coefficient (Wildman–Crippen LogP) is 4.25. The number of halogens is 1. The van der Waals surface area contributed by atoms with E-state index in [2.05, 4.69) is 21.2 Å². The van der Waals surface area contributed by atoms with E-state index in [1.54, 1.807) is 0 Å². The maximum absolute atomic E-state index is 12.5. The summed E-state index contributed by atoms with van der Waals surface area (Å²) < 4.78 is 0.934. The Morgan fingerprint density at radius 3 is 2.40 bits per heavy atom. The summed E-state index contributed by atoms with van der Waals surface area (Å²) in [4.78, 5) is 26.8. The van der Waals surface area contributed by atoms with E-state index >= 15 is 0 Å². The van der Waals surface area contributed by atoms with Gasteiger partial charge in [-0.3, -0.25) is 9.59 Å². The fourth-order valence-electron chi connectivity index (χ4n) is 3.03. The van der Waals surface area contributed by atoms with Crippen molar-refractivity contribution in [2.45, 2.75) is 19.8 Å². The third-order valence-electron chi connectivity index (χ3n) is 4.54. The molecule has 2 aromatic carbocycles. The van der Waals surface area contributed by atoms with Gasteiger partial charge in [-0.05, 0) is 50.1 Å². The van der Waals surface area contributed by atoms with E-state index in [4.69, 9.17) is 0 Å². The van der Waals surface area contributed by atoms with Crippen molar-refractivity contribution in [3.63, 3.8) is 0 Å². The minimum atomic E-state index is -0.0546. The van der Waals surface area contributed by atoms with E-state index in [0.717, 1.165) is 15.7 Å². The Morgan fingerprint density at radius 1 is 1.08 bits per heavy atom. The molecule has 130 valence electrons. The van der Waals surface area contributed by atoms with Crippen molar-refractivity contribution < 1.29 is 9.59 Å². The van der Waals surface area contributed by atoms with Gasteiger partial charge in [-0.15, -0.1) is 0 Å². The molecule has 25 heavy (non-hydrogen) atoms. The highest BCUT2D eigenvalue weighted by Gasteiger charge is 2.27. The molecule has 0 unspecified atom stereocenters. The predicted molar refractivity (Wildman–Crippen MR) is 103 cm³/mol. The van der Waals surface area contributed by atoms with Gasteiger partial charge in [-0.1, -0.05) is 39.7 Å². The van der Waals surface area contributed by atoms with Crippen molar-refractivity contribution >= 4 is 33.4 Å². The lowest BCUT2D eigenvalue weighted by Crippen LogP contribution is -2.41. The molecule has 3 rings (SSSR count). The number of nitrogens with one attached hydrogen (secondary N) is 1. The first-order chi connectivity index (χ1) is 12.0. The zero-order valence-corrected chi connectivity index (χ0v) is 15.8. The van der Waals surface area contributed by atoms with Crippen LogP contribution in [0.15, 0.2) is 53.0 Å². The van der Waals surface area contributed by atoms with Crippen molar-refractivity contribution in [3.8, 4) is 0 Å². The summed E-state index contributed by atoms with van der Waals surface area (Å²) in [6.07, 6.45) is 1.38. The molecule has 1 heterocycles. The van der Waals surface area contributed by atoms with E-state index in [-0.39, 0.29) is 17.7 Å². The Balaban J connectivity index is 1.55. The quantitative estimate of drug-likeness (QED) is 0.836. The molecule has 5 heteroatoms. The van der Waals surface area contributed by atoms with Crippen LogP contribution in [0.4, 0.5) is 5.69 Å². The van der Waals surface area contributed by atoms with Crippen LogP contribution in [0.2, 0.25) is 0 Å². The monoisotopic (exact) mass is 400 g/mol. The molecule has 0 spiro atoms. The van der Waals surface area contributed by atoms with Gasteiger partial charge in [0.1, 0.15) is 0 Å². The fourth-order valence-corrected chi connectivity index (χ4v) is 3.43. The summed E-state index contributed by atoms with van der Waals surface area (Å²) in [6.45, 7) is 3.23. The van der Waals surface area contributed by atoms with Gasteiger partial charge in [0.2, 0.25) is 5.91 Å². The molecule has 2 aromatic rings. The van der Waals surface area contributed by atoms with Crippen LogP contribution in [0, 0.1) is 12.8 Å². The van der Waals surface area contributed by atoms with Gasteiger partial charge in [-0.2, -0.15) is 0 Å². The Morgan fingerprint density at radius 2 is 1.76 bits per heavy atom. The van der Waals surface area contributed by atoms with E-state index in [9.17, 15) is 9.59 Å². The Hall–Kier alpha value is -2.14. The SMILES string of the molecule is Cc1ccc(C(=O)N2CCC(C(=O)Nc3cccc(Br)c3)CC2)cc1.